The zero-order valence-electron chi connectivity index (χ0n) is 15.1. The number of thiol groups is 1. The third-order valence-electron chi connectivity index (χ3n) is 3.86. The summed E-state index contributed by atoms with van der Waals surface area (Å²) >= 11 is 3.88. The van der Waals surface area contributed by atoms with E-state index in [0.29, 0.717) is 6.42 Å². The third kappa shape index (κ3) is 7.58. The number of nitrogens with one attached hydrogen (secondary N) is 3. The zero-order valence-corrected chi connectivity index (χ0v) is 16.0. The molecule has 0 aliphatic carbocycles. The molecule has 5 atom stereocenters. The molecule has 0 saturated heterocycles. The summed E-state index contributed by atoms with van der Waals surface area (Å²) in [6, 6.07) is -3.56. The highest BCUT2D eigenvalue weighted by Gasteiger charge is 2.33. The Kier molecular flexibility index (Phi) is 10.9. The monoisotopic (exact) mass is 392 g/mol. The molecule has 0 bridgehead atoms. The van der Waals surface area contributed by atoms with Crippen LogP contribution in [0, 0.1) is 5.92 Å². The van der Waals surface area contributed by atoms with Gasteiger partial charge >= 0.3 is 5.97 Å². The zero-order chi connectivity index (χ0) is 20.4. The second-order valence-corrected chi connectivity index (χ2v) is 6.31. The molecule has 0 aromatic heterocycles. The number of aliphatic carboxylic acids is 1. The smallest absolute Gasteiger partial charge is 0.327 e. The molecular formula is C15H28N4O6S. The number of hydrogen-bond donors (Lipinski definition) is 7. The van der Waals surface area contributed by atoms with E-state index in [-0.39, 0.29) is 18.2 Å². The number of aliphatic hydroxyl groups is 1. The normalized spacial score (nSPS) is 16.5. The van der Waals surface area contributed by atoms with Gasteiger partial charge in [-0.3, -0.25) is 14.4 Å². The first kappa shape index (κ1) is 24.1. The van der Waals surface area contributed by atoms with Crippen molar-refractivity contribution in [2.24, 2.45) is 11.7 Å². The molecule has 0 aromatic rings. The Bertz CT molecular complexity index is 516. The van der Waals surface area contributed by atoms with E-state index in [1.54, 1.807) is 13.8 Å². The first-order valence-corrected chi connectivity index (χ1v) is 8.84. The van der Waals surface area contributed by atoms with Crippen LogP contribution in [0.1, 0.15) is 27.2 Å². The number of nitrogens with two attached hydrogens (primary N) is 1. The van der Waals surface area contributed by atoms with Gasteiger partial charge in [-0.25, -0.2) is 4.79 Å². The fourth-order valence-electron chi connectivity index (χ4n) is 2.03. The number of carboxylic acid groups (broad SMARTS) is 1. The highest BCUT2D eigenvalue weighted by atomic mass is 32.1. The topological polar surface area (TPSA) is 171 Å². The maximum atomic E-state index is 12.4. The lowest BCUT2D eigenvalue weighted by atomic mass is 9.97. The van der Waals surface area contributed by atoms with Crippen molar-refractivity contribution in [1.82, 2.24) is 16.0 Å². The minimum atomic E-state index is -1.30. The molecule has 7 N–H and O–H groups in total. The van der Waals surface area contributed by atoms with Crippen molar-refractivity contribution in [2.75, 3.05) is 12.3 Å². The standard InChI is InChI=1S/C15H28N4O6S/c1-4-7(2)11(13(22)17-9(6-26)15(24)25)19-14(23)12(8(3)20)18-10(21)5-16/h7-9,11-12,20,26H,4-6,16H2,1-3H3,(H,17,22)(H,18,21)(H,19,23)(H,24,25). The average molecular weight is 392 g/mol. The summed E-state index contributed by atoms with van der Waals surface area (Å²) in [6.45, 7) is 4.44. The van der Waals surface area contributed by atoms with Crippen LogP contribution in [0.2, 0.25) is 0 Å². The maximum absolute atomic E-state index is 12.4. The van der Waals surface area contributed by atoms with Gasteiger partial charge in [-0.15, -0.1) is 0 Å². The second-order valence-electron chi connectivity index (χ2n) is 5.94. The van der Waals surface area contributed by atoms with E-state index in [2.05, 4.69) is 28.6 Å². The van der Waals surface area contributed by atoms with Gasteiger partial charge in [0.25, 0.3) is 0 Å². The van der Waals surface area contributed by atoms with Crippen molar-refractivity contribution in [2.45, 2.75) is 51.4 Å². The Labute approximate surface area is 157 Å². The van der Waals surface area contributed by atoms with Gasteiger partial charge in [-0.05, 0) is 12.8 Å². The van der Waals surface area contributed by atoms with Crippen LogP contribution in [0.25, 0.3) is 0 Å². The van der Waals surface area contributed by atoms with E-state index in [1.165, 1.54) is 6.92 Å². The molecule has 0 saturated carbocycles. The van der Waals surface area contributed by atoms with Crippen LogP contribution < -0.4 is 21.7 Å². The van der Waals surface area contributed by atoms with Crippen molar-refractivity contribution in [3.63, 3.8) is 0 Å². The lowest BCUT2D eigenvalue weighted by Gasteiger charge is -2.28. The third-order valence-corrected chi connectivity index (χ3v) is 4.22. The first-order valence-electron chi connectivity index (χ1n) is 8.20. The number of amides is 3. The molecule has 5 unspecified atom stereocenters. The van der Waals surface area contributed by atoms with Crippen LogP contribution in [-0.2, 0) is 19.2 Å². The minimum Gasteiger partial charge on any atom is -0.480 e. The summed E-state index contributed by atoms with van der Waals surface area (Å²) < 4.78 is 0. The highest BCUT2D eigenvalue weighted by Crippen LogP contribution is 2.09. The molecule has 26 heavy (non-hydrogen) atoms. The molecule has 150 valence electrons. The number of carboxylic acids is 1. The molecule has 0 aliphatic heterocycles. The van der Waals surface area contributed by atoms with Crippen LogP contribution in [0.15, 0.2) is 0 Å². The Hall–Kier alpha value is -1.85. The van der Waals surface area contributed by atoms with Gasteiger partial charge in [0.15, 0.2) is 0 Å². The summed E-state index contributed by atoms with van der Waals surface area (Å²) in [4.78, 5) is 47.3. The summed E-state index contributed by atoms with van der Waals surface area (Å²) in [7, 11) is 0. The summed E-state index contributed by atoms with van der Waals surface area (Å²) in [6.07, 6.45) is -0.707. The van der Waals surface area contributed by atoms with Crippen molar-refractivity contribution >= 4 is 36.3 Å². The van der Waals surface area contributed by atoms with E-state index in [9.17, 15) is 24.3 Å². The molecule has 0 heterocycles. The predicted octanol–water partition coefficient (Wildman–Crippen LogP) is -2.16. The van der Waals surface area contributed by atoms with Gasteiger partial charge in [0.1, 0.15) is 18.1 Å². The number of aliphatic hydroxyl groups excluding tert-OH is 1. The van der Waals surface area contributed by atoms with E-state index in [0.717, 1.165) is 0 Å². The molecule has 0 rings (SSSR count). The molecule has 0 spiro atoms. The van der Waals surface area contributed by atoms with Crippen LogP contribution in [-0.4, -0.2) is 70.4 Å². The van der Waals surface area contributed by atoms with Gasteiger partial charge in [-0.1, -0.05) is 20.3 Å². The minimum absolute atomic E-state index is 0.120. The van der Waals surface area contributed by atoms with Gasteiger partial charge in [0, 0.05) is 5.75 Å². The molecule has 0 radical (unpaired) electrons. The lowest BCUT2D eigenvalue weighted by Crippen LogP contribution is -2.60. The largest absolute Gasteiger partial charge is 0.480 e. The molecule has 0 fully saturated rings. The fourth-order valence-corrected chi connectivity index (χ4v) is 2.28. The van der Waals surface area contributed by atoms with E-state index >= 15 is 0 Å². The van der Waals surface area contributed by atoms with Crippen molar-refractivity contribution in [3.8, 4) is 0 Å². The Morgan fingerprint density at radius 3 is 1.96 bits per heavy atom. The lowest BCUT2D eigenvalue weighted by molar-refractivity contribution is -0.142. The predicted molar refractivity (Wildman–Crippen MR) is 97.5 cm³/mol. The van der Waals surface area contributed by atoms with Crippen LogP contribution in [0.4, 0.5) is 0 Å². The molecule has 3 amide bonds. The van der Waals surface area contributed by atoms with Crippen LogP contribution >= 0.6 is 12.6 Å². The van der Waals surface area contributed by atoms with Crippen molar-refractivity contribution < 1.29 is 29.4 Å². The summed E-state index contributed by atoms with van der Waals surface area (Å²) in [5.74, 6) is -3.81. The maximum Gasteiger partial charge on any atom is 0.327 e. The number of hydrogen-bond acceptors (Lipinski definition) is 7. The molecule has 0 aliphatic rings. The average Bonchev–Trinajstić information content (AvgIpc) is 2.59. The van der Waals surface area contributed by atoms with Gasteiger partial charge in [-0.2, -0.15) is 12.6 Å². The fraction of sp³-hybridized carbons (Fsp3) is 0.733. The van der Waals surface area contributed by atoms with Gasteiger partial charge in [0.2, 0.25) is 17.7 Å². The number of carbonyl (C=O) groups excluding carboxylic acids is 3. The molecule has 0 aromatic carbocycles. The van der Waals surface area contributed by atoms with E-state index in [1.807, 2.05) is 0 Å². The SMILES string of the molecule is CCC(C)C(NC(=O)C(NC(=O)CN)C(C)O)C(=O)NC(CS)C(=O)O. The quantitative estimate of drug-likeness (QED) is 0.196. The number of rotatable bonds is 11. The van der Waals surface area contributed by atoms with Crippen molar-refractivity contribution in [1.29, 1.82) is 0 Å². The second kappa shape index (κ2) is 11.7. The first-order chi connectivity index (χ1) is 12.1. The summed E-state index contributed by atoms with van der Waals surface area (Å²) in [5.41, 5.74) is 5.19. The van der Waals surface area contributed by atoms with E-state index < -0.39 is 47.9 Å². The Morgan fingerprint density at radius 2 is 1.58 bits per heavy atom. The molecular weight excluding hydrogens is 364 g/mol. The van der Waals surface area contributed by atoms with Crippen LogP contribution in [0.3, 0.4) is 0 Å². The molecule has 10 nitrogen and oxygen atoms in total. The Morgan fingerprint density at radius 1 is 1.04 bits per heavy atom. The highest BCUT2D eigenvalue weighted by molar-refractivity contribution is 7.80. The van der Waals surface area contributed by atoms with Crippen molar-refractivity contribution in [3.05, 3.63) is 0 Å². The van der Waals surface area contributed by atoms with Gasteiger partial charge < -0.3 is 31.9 Å². The van der Waals surface area contributed by atoms with E-state index in [4.69, 9.17) is 10.8 Å². The van der Waals surface area contributed by atoms with Crippen LogP contribution in [0.5, 0.6) is 0 Å². The summed E-state index contributed by atoms with van der Waals surface area (Å²) in [5, 5.41) is 25.8. The Balaban J connectivity index is 5.29. The number of carbonyl (C=O) groups is 4. The molecule has 11 heteroatoms. The van der Waals surface area contributed by atoms with Gasteiger partial charge in [0.05, 0.1) is 12.6 Å².